The van der Waals surface area contributed by atoms with Gasteiger partial charge in [0.05, 0.1) is 13.0 Å². The first-order valence-corrected chi connectivity index (χ1v) is 10.1. The van der Waals surface area contributed by atoms with E-state index in [1.807, 2.05) is 37.3 Å². The maximum Gasteiger partial charge on any atom is 0.233 e. The quantitative estimate of drug-likeness (QED) is 0.598. The molecule has 0 aliphatic rings. The molecule has 1 aromatic heterocycles. The zero-order valence-electron chi connectivity index (χ0n) is 16.2. The Morgan fingerprint density at radius 3 is 2.52 bits per heavy atom. The summed E-state index contributed by atoms with van der Waals surface area (Å²) >= 11 is 1.47. The highest BCUT2D eigenvalue weighted by molar-refractivity contribution is 7.15. The minimum atomic E-state index is -0.281. The second kappa shape index (κ2) is 8.48. The van der Waals surface area contributed by atoms with Crippen LogP contribution in [0, 0.1) is 0 Å². The third kappa shape index (κ3) is 4.27. The summed E-state index contributed by atoms with van der Waals surface area (Å²) in [5, 5.41) is 15.0. The van der Waals surface area contributed by atoms with E-state index in [9.17, 15) is 4.79 Å². The number of rotatable bonds is 7. The average Bonchev–Trinajstić information content (AvgIpc) is 3.15. The van der Waals surface area contributed by atoms with Crippen molar-refractivity contribution in [3.63, 3.8) is 0 Å². The fraction of sp³-hybridized carbons (Fsp3) is 0.381. The van der Waals surface area contributed by atoms with E-state index >= 15 is 0 Å². The minimum absolute atomic E-state index is 0.0740. The maximum atomic E-state index is 12.7. The van der Waals surface area contributed by atoms with E-state index in [1.165, 1.54) is 11.3 Å². The van der Waals surface area contributed by atoms with Gasteiger partial charge >= 0.3 is 0 Å². The monoisotopic (exact) mass is 383 g/mol. The van der Waals surface area contributed by atoms with Gasteiger partial charge in [-0.05, 0) is 48.2 Å². The van der Waals surface area contributed by atoms with E-state index in [0.29, 0.717) is 11.0 Å². The summed E-state index contributed by atoms with van der Waals surface area (Å²) in [5.41, 5.74) is 0.967. The number of amides is 1. The summed E-state index contributed by atoms with van der Waals surface area (Å²) in [6.45, 7) is 6.19. The Hall–Kier alpha value is -2.47. The first-order chi connectivity index (χ1) is 13.0. The summed E-state index contributed by atoms with van der Waals surface area (Å²) in [6, 6.07) is 12.0. The van der Waals surface area contributed by atoms with Crippen molar-refractivity contribution >= 4 is 33.1 Å². The lowest BCUT2D eigenvalue weighted by Gasteiger charge is -2.12. The SMILES string of the molecule is CCC(CC)c1nnc(NC(=O)[C@@H](C)c2ccc3cc(OC)ccc3c2)s1. The molecule has 142 valence electrons. The lowest BCUT2D eigenvalue weighted by Crippen LogP contribution is -2.18. The Kier molecular flexibility index (Phi) is 6.06. The lowest BCUT2D eigenvalue weighted by molar-refractivity contribution is -0.117. The number of hydrogen-bond acceptors (Lipinski definition) is 5. The highest BCUT2D eigenvalue weighted by Crippen LogP contribution is 2.29. The van der Waals surface area contributed by atoms with E-state index in [4.69, 9.17) is 4.74 Å². The third-order valence-corrected chi connectivity index (χ3v) is 5.97. The zero-order valence-corrected chi connectivity index (χ0v) is 17.0. The largest absolute Gasteiger partial charge is 0.497 e. The highest BCUT2D eigenvalue weighted by Gasteiger charge is 2.19. The van der Waals surface area contributed by atoms with Crippen molar-refractivity contribution in [3.05, 3.63) is 47.0 Å². The third-order valence-electron chi connectivity index (χ3n) is 4.97. The molecule has 27 heavy (non-hydrogen) atoms. The number of benzene rings is 2. The molecule has 0 spiro atoms. The molecule has 0 saturated carbocycles. The summed E-state index contributed by atoms with van der Waals surface area (Å²) in [6.07, 6.45) is 2.05. The van der Waals surface area contributed by atoms with Crippen LogP contribution in [-0.2, 0) is 4.79 Å². The molecule has 1 amide bonds. The predicted octanol–water partition coefficient (Wildman–Crippen LogP) is 5.35. The topological polar surface area (TPSA) is 64.1 Å². The number of carbonyl (C=O) groups is 1. The molecule has 1 N–H and O–H groups in total. The Bertz CT molecular complexity index is 934. The number of anilines is 1. The molecular formula is C21H25N3O2S. The van der Waals surface area contributed by atoms with Crippen molar-refractivity contribution in [3.8, 4) is 5.75 Å². The number of nitrogens with one attached hydrogen (secondary N) is 1. The van der Waals surface area contributed by atoms with Crippen LogP contribution in [0.3, 0.4) is 0 Å². The van der Waals surface area contributed by atoms with Gasteiger partial charge in [-0.2, -0.15) is 0 Å². The molecule has 6 heteroatoms. The normalized spacial score (nSPS) is 12.3. The van der Waals surface area contributed by atoms with E-state index < -0.39 is 0 Å². The van der Waals surface area contributed by atoms with E-state index in [1.54, 1.807) is 7.11 Å². The first-order valence-electron chi connectivity index (χ1n) is 9.27. The van der Waals surface area contributed by atoms with Crippen molar-refractivity contribution in [1.82, 2.24) is 10.2 Å². The molecule has 0 fully saturated rings. The van der Waals surface area contributed by atoms with Crippen LogP contribution in [0.25, 0.3) is 10.8 Å². The fourth-order valence-corrected chi connectivity index (χ4v) is 4.10. The van der Waals surface area contributed by atoms with Crippen LogP contribution < -0.4 is 10.1 Å². The Morgan fingerprint density at radius 2 is 1.81 bits per heavy atom. The number of fused-ring (bicyclic) bond motifs is 1. The Balaban J connectivity index is 1.74. The van der Waals surface area contributed by atoms with Crippen LogP contribution in [0.2, 0.25) is 0 Å². The number of carbonyl (C=O) groups excluding carboxylic acids is 1. The molecule has 1 atom stereocenters. The molecule has 5 nitrogen and oxygen atoms in total. The summed E-state index contributed by atoms with van der Waals surface area (Å²) in [7, 11) is 1.66. The minimum Gasteiger partial charge on any atom is -0.497 e. The van der Waals surface area contributed by atoms with E-state index in [2.05, 4.69) is 35.4 Å². The molecule has 0 aliphatic heterocycles. The van der Waals surface area contributed by atoms with Gasteiger partial charge in [0, 0.05) is 5.92 Å². The van der Waals surface area contributed by atoms with Crippen molar-refractivity contribution < 1.29 is 9.53 Å². The van der Waals surface area contributed by atoms with Crippen LogP contribution in [0.5, 0.6) is 5.75 Å². The number of ether oxygens (including phenoxy) is 1. The molecular weight excluding hydrogens is 358 g/mol. The van der Waals surface area contributed by atoms with Gasteiger partial charge in [0.2, 0.25) is 11.0 Å². The second-order valence-electron chi connectivity index (χ2n) is 6.64. The second-order valence-corrected chi connectivity index (χ2v) is 7.65. The van der Waals surface area contributed by atoms with E-state index in [0.717, 1.165) is 39.9 Å². The van der Waals surface area contributed by atoms with Gasteiger partial charge in [-0.25, -0.2) is 0 Å². The van der Waals surface area contributed by atoms with Gasteiger partial charge in [-0.15, -0.1) is 10.2 Å². The van der Waals surface area contributed by atoms with Crippen molar-refractivity contribution in [1.29, 1.82) is 0 Å². The average molecular weight is 384 g/mol. The van der Waals surface area contributed by atoms with Crippen molar-refractivity contribution in [2.24, 2.45) is 0 Å². The van der Waals surface area contributed by atoms with Crippen LogP contribution in [0.4, 0.5) is 5.13 Å². The van der Waals surface area contributed by atoms with E-state index in [-0.39, 0.29) is 11.8 Å². The van der Waals surface area contributed by atoms with Gasteiger partial charge in [0.15, 0.2) is 0 Å². The molecule has 0 aliphatic carbocycles. The summed E-state index contributed by atoms with van der Waals surface area (Å²) < 4.78 is 5.26. The zero-order chi connectivity index (χ0) is 19.4. The van der Waals surface area contributed by atoms with Crippen LogP contribution in [0.1, 0.15) is 56.0 Å². The standard InChI is InChI=1S/C21H25N3O2S/c1-5-14(6-2)20-23-24-21(27-20)22-19(25)13(3)15-7-8-17-12-18(26-4)10-9-16(17)11-15/h7-14H,5-6H2,1-4H3,(H,22,24,25)/t13-/m0/s1. The smallest absolute Gasteiger partial charge is 0.233 e. The summed E-state index contributed by atoms with van der Waals surface area (Å²) in [5.74, 6) is 0.876. The van der Waals surface area contributed by atoms with Crippen LogP contribution >= 0.6 is 11.3 Å². The molecule has 0 saturated heterocycles. The van der Waals surface area contributed by atoms with Gasteiger partial charge in [-0.3, -0.25) is 4.79 Å². The van der Waals surface area contributed by atoms with Gasteiger partial charge in [0.25, 0.3) is 0 Å². The van der Waals surface area contributed by atoms with Crippen LogP contribution in [0.15, 0.2) is 36.4 Å². The predicted molar refractivity (Wildman–Crippen MR) is 111 cm³/mol. The molecule has 2 aromatic carbocycles. The molecule has 0 bridgehead atoms. The Labute approximate surface area is 163 Å². The highest BCUT2D eigenvalue weighted by atomic mass is 32.1. The fourth-order valence-electron chi connectivity index (χ4n) is 3.09. The number of nitrogens with zero attached hydrogens (tertiary/aromatic N) is 2. The van der Waals surface area contributed by atoms with Gasteiger partial charge in [0.1, 0.15) is 10.8 Å². The molecule has 3 rings (SSSR count). The number of methoxy groups -OCH3 is 1. The van der Waals surface area contributed by atoms with Crippen molar-refractivity contribution in [2.45, 2.75) is 45.4 Å². The molecule has 0 radical (unpaired) electrons. The number of hydrogen-bond donors (Lipinski definition) is 1. The summed E-state index contributed by atoms with van der Waals surface area (Å²) in [4.78, 5) is 12.7. The lowest BCUT2D eigenvalue weighted by atomic mass is 9.97. The molecule has 3 aromatic rings. The first kappa shape index (κ1) is 19.3. The molecule has 1 heterocycles. The maximum absolute atomic E-state index is 12.7. The van der Waals surface area contributed by atoms with Crippen LogP contribution in [-0.4, -0.2) is 23.2 Å². The van der Waals surface area contributed by atoms with Crippen molar-refractivity contribution in [2.75, 3.05) is 12.4 Å². The number of aromatic nitrogens is 2. The van der Waals surface area contributed by atoms with Gasteiger partial charge in [-0.1, -0.05) is 49.4 Å². The Morgan fingerprint density at radius 1 is 1.11 bits per heavy atom. The molecule has 0 unspecified atom stereocenters. The van der Waals surface area contributed by atoms with Gasteiger partial charge < -0.3 is 10.1 Å².